The van der Waals surface area contributed by atoms with Crippen LogP contribution in [0.1, 0.15) is 11.4 Å². The third kappa shape index (κ3) is 4.04. The third-order valence-electron chi connectivity index (χ3n) is 4.29. The summed E-state index contributed by atoms with van der Waals surface area (Å²) in [7, 11) is 0. The Morgan fingerprint density at radius 3 is 2.61 bits per heavy atom. The van der Waals surface area contributed by atoms with Crippen LogP contribution in [0.2, 0.25) is 0 Å². The first-order valence-corrected chi connectivity index (χ1v) is 9.76. The molecule has 0 aliphatic heterocycles. The highest BCUT2D eigenvalue weighted by molar-refractivity contribution is 7.13. The van der Waals surface area contributed by atoms with Crippen molar-refractivity contribution in [3.05, 3.63) is 77.6 Å². The van der Waals surface area contributed by atoms with E-state index in [-0.39, 0.29) is 5.82 Å². The minimum atomic E-state index is -0.270. The summed E-state index contributed by atoms with van der Waals surface area (Å²) in [5, 5.41) is 3.26. The highest BCUT2D eigenvalue weighted by atomic mass is 32.1. The molecule has 7 heteroatoms. The summed E-state index contributed by atoms with van der Waals surface area (Å²) in [6, 6.07) is 12.2. The zero-order valence-electron chi connectivity index (χ0n) is 15.3. The van der Waals surface area contributed by atoms with Crippen LogP contribution < -0.4 is 5.32 Å². The highest BCUT2D eigenvalue weighted by Crippen LogP contribution is 2.34. The second-order valence-corrected chi connectivity index (χ2v) is 7.08. The number of nitrogens with one attached hydrogen (secondary N) is 1. The van der Waals surface area contributed by atoms with Gasteiger partial charge in [0.05, 0.1) is 21.8 Å². The normalized spacial score (nSPS) is 10.8. The van der Waals surface area contributed by atoms with E-state index in [9.17, 15) is 4.39 Å². The number of aryl methyl sites for hydroxylation is 1. The van der Waals surface area contributed by atoms with Gasteiger partial charge in [-0.25, -0.2) is 19.3 Å². The van der Waals surface area contributed by atoms with Crippen LogP contribution in [0.15, 0.2) is 60.4 Å². The van der Waals surface area contributed by atoms with E-state index in [0.717, 1.165) is 39.5 Å². The zero-order chi connectivity index (χ0) is 19.3. The van der Waals surface area contributed by atoms with Gasteiger partial charge in [0.15, 0.2) is 0 Å². The molecule has 0 aliphatic rings. The van der Waals surface area contributed by atoms with Crippen LogP contribution in [0.5, 0.6) is 0 Å². The van der Waals surface area contributed by atoms with Crippen LogP contribution in [0, 0.1) is 12.7 Å². The van der Waals surface area contributed by atoms with Crippen molar-refractivity contribution in [3.63, 3.8) is 0 Å². The van der Waals surface area contributed by atoms with Gasteiger partial charge in [0.25, 0.3) is 0 Å². The molecule has 3 aromatic heterocycles. The number of aromatic nitrogens is 4. The molecule has 0 atom stereocenters. The van der Waals surface area contributed by atoms with E-state index in [0.29, 0.717) is 12.5 Å². The van der Waals surface area contributed by atoms with Crippen LogP contribution in [-0.2, 0) is 6.42 Å². The van der Waals surface area contributed by atoms with Gasteiger partial charge in [0.1, 0.15) is 5.82 Å². The number of hydrogen-bond donors (Lipinski definition) is 1. The molecule has 28 heavy (non-hydrogen) atoms. The molecule has 1 aromatic carbocycles. The Labute approximate surface area is 166 Å². The summed E-state index contributed by atoms with van der Waals surface area (Å²) in [6.45, 7) is 2.63. The molecule has 140 valence electrons. The maximum absolute atomic E-state index is 13.3. The number of rotatable bonds is 6. The van der Waals surface area contributed by atoms with Crippen LogP contribution in [0.3, 0.4) is 0 Å². The average molecular weight is 391 g/mol. The van der Waals surface area contributed by atoms with Gasteiger partial charge in [-0.3, -0.25) is 4.98 Å². The van der Waals surface area contributed by atoms with Crippen molar-refractivity contribution in [1.82, 2.24) is 19.9 Å². The Hall–Kier alpha value is -3.19. The van der Waals surface area contributed by atoms with Crippen molar-refractivity contribution in [2.24, 2.45) is 0 Å². The lowest BCUT2D eigenvalue weighted by Crippen LogP contribution is -2.09. The monoisotopic (exact) mass is 391 g/mol. The number of pyridine rings is 1. The third-order valence-corrected chi connectivity index (χ3v) is 5.23. The van der Waals surface area contributed by atoms with E-state index in [1.165, 1.54) is 23.5 Å². The molecule has 0 bridgehead atoms. The Morgan fingerprint density at radius 2 is 1.89 bits per heavy atom. The summed E-state index contributed by atoms with van der Waals surface area (Å²) >= 11 is 1.53. The quantitative estimate of drug-likeness (QED) is 0.513. The van der Waals surface area contributed by atoms with Gasteiger partial charge in [-0.2, -0.15) is 0 Å². The van der Waals surface area contributed by atoms with Crippen LogP contribution in [0.25, 0.3) is 21.7 Å². The summed E-state index contributed by atoms with van der Waals surface area (Å²) in [5.74, 6) is 0.276. The fourth-order valence-corrected chi connectivity index (χ4v) is 3.67. The van der Waals surface area contributed by atoms with Gasteiger partial charge in [0, 0.05) is 36.6 Å². The van der Waals surface area contributed by atoms with Crippen molar-refractivity contribution in [2.75, 3.05) is 11.9 Å². The number of benzene rings is 1. The minimum absolute atomic E-state index is 0.270. The number of thiazole rings is 1. The Kier molecular flexibility index (Phi) is 5.34. The van der Waals surface area contributed by atoms with Crippen LogP contribution in [-0.4, -0.2) is 26.5 Å². The van der Waals surface area contributed by atoms with Crippen molar-refractivity contribution >= 4 is 17.3 Å². The maximum Gasteiger partial charge on any atom is 0.223 e. The Morgan fingerprint density at radius 1 is 1.04 bits per heavy atom. The van der Waals surface area contributed by atoms with Gasteiger partial charge in [-0.15, -0.1) is 11.3 Å². The smallest absolute Gasteiger partial charge is 0.223 e. The largest absolute Gasteiger partial charge is 0.354 e. The molecule has 0 unspecified atom stereocenters. The minimum Gasteiger partial charge on any atom is -0.354 e. The van der Waals surface area contributed by atoms with E-state index in [2.05, 4.69) is 20.3 Å². The molecule has 0 spiro atoms. The zero-order valence-corrected chi connectivity index (χ0v) is 16.1. The summed E-state index contributed by atoms with van der Waals surface area (Å²) in [4.78, 5) is 18.8. The molecule has 5 nitrogen and oxygen atoms in total. The molecular weight excluding hydrogens is 373 g/mol. The van der Waals surface area contributed by atoms with Crippen LogP contribution >= 0.6 is 11.3 Å². The van der Waals surface area contributed by atoms with E-state index in [1.807, 2.05) is 25.1 Å². The molecule has 0 fully saturated rings. The first-order valence-electron chi connectivity index (χ1n) is 8.88. The summed E-state index contributed by atoms with van der Waals surface area (Å²) in [5.41, 5.74) is 6.23. The number of halogens is 1. The van der Waals surface area contributed by atoms with Crippen LogP contribution in [0.4, 0.5) is 10.3 Å². The van der Waals surface area contributed by atoms with Gasteiger partial charge < -0.3 is 5.32 Å². The molecule has 0 saturated heterocycles. The molecular formula is C21H18FN5S. The SMILES string of the molecule is Cc1ncsc1-c1nc(NCCc2ccccn2)ncc1-c1ccc(F)cc1. The predicted molar refractivity (Wildman–Crippen MR) is 110 cm³/mol. The number of nitrogens with zero attached hydrogens (tertiary/aromatic N) is 4. The number of hydrogen-bond acceptors (Lipinski definition) is 6. The second kappa shape index (κ2) is 8.22. The molecule has 3 heterocycles. The van der Waals surface area contributed by atoms with Crippen molar-refractivity contribution < 1.29 is 4.39 Å². The lowest BCUT2D eigenvalue weighted by Gasteiger charge is -2.11. The maximum atomic E-state index is 13.3. The van der Waals surface area contributed by atoms with Crippen molar-refractivity contribution in [2.45, 2.75) is 13.3 Å². The van der Waals surface area contributed by atoms with Crippen molar-refractivity contribution in [1.29, 1.82) is 0 Å². The molecule has 4 aromatic rings. The topological polar surface area (TPSA) is 63.6 Å². The van der Waals surface area contributed by atoms with Gasteiger partial charge in [-0.05, 0) is 36.8 Å². The molecule has 1 N–H and O–H groups in total. The predicted octanol–water partition coefficient (Wildman–Crippen LogP) is 4.76. The molecule has 0 aliphatic carbocycles. The molecule has 0 radical (unpaired) electrons. The molecule has 0 saturated carbocycles. The number of anilines is 1. The van der Waals surface area contributed by atoms with E-state index in [4.69, 9.17) is 4.98 Å². The highest BCUT2D eigenvalue weighted by Gasteiger charge is 2.15. The van der Waals surface area contributed by atoms with E-state index in [1.54, 1.807) is 30.0 Å². The Balaban J connectivity index is 1.63. The fraction of sp³-hybridized carbons (Fsp3) is 0.143. The van der Waals surface area contributed by atoms with Crippen molar-refractivity contribution in [3.8, 4) is 21.7 Å². The lowest BCUT2D eigenvalue weighted by atomic mass is 10.0. The summed E-state index contributed by atoms with van der Waals surface area (Å²) in [6.07, 6.45) is 4.34. The molecule has 4 rings (SSSR count). The van der Waals surface area contributed by atoms with E-state index >= 15 is 0 Å². The fourth-order valence-electron chi connectivity index (χ4n) is 2.86. The van der Waals surface area contributed by atoms with Gasteiger partial charge in [-0.1, -0.05) is 18.2 Å². The standard InChI is InChI=1S/C21H18FN5S/c1-14-20(28-13-26-14)19-18(15-5-7-16(22)8-6-15)12-25-21(27-19)24-11-9-17-4-2-3-10-23-17/h2-8,10,12-13H,9,11H2,1H3,(H,24,25,27). The average Bonchev–Trinajstić information content (AvgIpc) is 3.15. The first-order chi connectivity index (χ1) is 13.7. The van der Waals surface area contributed by atoms with Gasteiger partial charge in [0.2, 0.25) is 5.95 Å². The molecule has 0 amide bonds. The first kappa shape index (κ1) is 18.2. The van der Waals surface area contributed by atoms with E-state index < -0.39 is 0 Å². The Bertz CT molecular complexity index is 1060. The van der Waals surface area contributed by atoms with Gasteiger partial charge >= 0.3 is 0 Å². The lowest BCUT2D eigenvalue weighted by molar-refractivity contribution is 0.628. The summed E-state index contributed by atoms with van der Waals surface area (Å²) < 4.78 is 13.3. The second-order valence-electron chi connectivity index (χ2n) is 6.23.